The quantitative estimate of drug-likeness (QED) is 0.674. The van der Waals surface area contributed by atoms with Crippen molar-refractivity contribution in [1.82, 2.24) is 9.47 Å². The van der Waals surface area contributed by atoms with E-state index < -0.39 is 5.56 Å². The van der Waals surface area contributed by atoms with Gasteiger partial charge in [-0.3, -0.25) is 14.4 Å². The van der Waals surface area contributed by atoms with Crippen LogP contribution in [-0.2, 0) is 24.3 Å². The van der Waals surface area contributed by atoms with Crippen molar-refractivity contribution in [3.8, 4) is 6.07 Å². The lowest BCUT2D eigenvalue weighted by molar-refractivity contribution is -0.116. The Bertz CT molecular complexity index is 1330. The third-order valence-electron chi connectivity index (χ3n) is 5.95. The van der Waals surface area contributed by atoms with Gasteiger partial charge in [-0.15, -0.1) is 0 Å². The number of hydrogen-bond donors (Lipinski definition) is 1. The Labute approximate surface area is 191 Å². The third kappa shape index (κ3) is 4.55. The molecular weight excluding hydrogens is 416 g/mol. The summed E-state index contributed by atoms with van der Waals surface area (Å²) in [4.78, 5) is 39.8. The van der Waals surface area contributed by atoms with Crippen LogP contribution >= 0.6 is 0 Å². The van der Waals surface area contributed by atoms with Gasteiger partial charge in [-0.1, -0.05) is 24.3 Å². The lowest BCUT2D eigenvalue weighted by Gasteiger charge is -2.29. The molecule has 1 aromatic heterocycles. The maximum absolute atomic E-state index is 12.9. The van der Waals surface area contributed by atoms with Crippen molar-refractivity contribution in [2.24, 2.45) is 0 Å². The summed E-state index contributed by atoms with van der Waals surface area (Å²) >= 11 is 0. The van der Waals surface area contributed by atoms with E-state index in [2.05, 4.69) is 11.4 Å². The molecule has 166 valence electrons. The fraction of sp³-hybridized carbons (Fsp3) is 0.231. The van der Waals surface area contributed by atoms with Crippen LogP contribution in [0, 0.1) is 25.2 Å². The molecule has 7 heteroatoms. The number of nitrogens with one attached hydrogen (secondary N) is 1. The van der Waals surface area contributed by atoms with E-state index >= 15 is 0 Å². The third-order valence-corrected chi connectivity index (χ3v) is 5.95. The van der Waals surface area contributed by atoms with Gasteiger partial charge in [0.2, 0.25) is 5.91 Å². The van der Waals surface area contributed by atoms with Crippen molar-refractivity contribution in [3.63, 3.8) is 0 Å². The summed E-state index contributed by atoms with van der Waals surface area (Å²) in [5.74, 6) is -0.437. The fourth-order valence-electron chi connectivity index (χ4n) is 4.15. The summed E-state index contributed by atoms with van der Waals surface area (Å²) in [7, 11) is 0. The van der Waals surface area contributed by atoms with Crippen molar-refractivity contribution in [1.29, 1.82) is 5.26 Å². The van der Waals surface area contributed by atoms with Gasteiger partial charge >= 0.3 is 0 Å². The van der Waals surface area contributed by atoms with Crippen LogP contribution in [0.3, 0.4) is 0 Å². The minimum atomic E-state index is -0.478. The van der Waals surface area contributed by atoms with E-state index in [1.165, 1.54) is 15.7 Å². The van der Waals surface area contributed by atoms with Crippen LogP contribution < -0.4 is 10.9 Å². The Kier molecular flexibility index (Phi) is 6.09. The van der Waals surface area contributed by atoms with Crippen molar-refractivity contribution in [2.45, 2.75) is 33.4 Å². The predicted octanol–water partition coefficient (Wildman–Crippen LogP) is 3.17. The number of nitrogens with zero attached hydrogens (tertiary/aromatic N) is 3. The zero-order valence-corrected chi connectivity index (χ0v) is 18.6. The summed E-state index contributed by atoms with van der Waals surface area (Å²) < 4.78 is 1.28. The number of carbonyl (C=O) groups excluding carboxylic acids is 2. The average Bonchev–Trinajstić information content (AvgIpc) is 2.81. The van der Waals surface area contributed by atoms with Crippen LogP contribution in [0.1, 0.15) is 38.3 Å². The smallest absolute Gasteiger partial charge is 0.269 e. The molecule has 7 nitrogen and oxygen atoms in total. The molecule has 1 N–H and O–H groups in total. The first-order valence-electron chi connectivity index (χ1n) is 10.7. The van der Waals surface area contributed by atoms with Crippen LogP contribution in [-0.4, -0.2) is 27.8 Å². The summed E-state index contributed by atoms with van der Waals surface area (Å²) in [6.45, 7) is 4.48. The van der Waals surface area contributed by atoms with Gasteiger partial charge in [0.1, 0.15) is 18.2 Å². The van der Waals surface area contributed by atoms with Gasteiger partial charge in [-0.2, -0.15) is 5.26 Å². The monoisotopic (exact) mass is 440 g/mol. The molecule has 0 atom stereocenters. The average molecular weight is 441 g/mol. The molecule has 0 saturated carbocycles. The summed E-state index contributed by atoms with van der Waals surface area (Å²) in [5, 5.41) is 12.0. The number of pyridine rings is 1. The first-order chi connectivity index (χ1) is 15.9. The summed E-state index contributed by atoms with van der Waals surface area (Å²) in [6.07, 6.45) is 0.835. The highest BCUT2D eigenvalue weighted by Crippen LogP contribution is 2.21. The summed E-state index contributed by atoms with van der Waals surface area (Å²) in [6, 6.07) is 18.5. The van der Waals surface area contributed by atoms with Gasteiger partial charge in [0, 0.05) is 30.0 Å². The van der Waals surface area contributed by atoms with E-state index in [1.807, 2.05) is 29.2 Å². The molecule has 2 amide bonds. The Hall–Kier alpha value is -4.18. The second kappa shape index (κ2) is 9.13. The van der Waals surface area contributed by atoms with Crippen LogP contribution in [0.15, 0.2) is 59.4 Å². The SMILES string of the molecule is Cc1cc(C)n(CC(=O)Nc2ccc(C(=O)N3CCc4ccccc4C3)cc2)c(=O)c1C#N. The number of fused-ring (bicyclic) bond motifs is 1. The lowest BCUT2D eigenvalue weighted by Crippen LogP contribution is -2.35. The van der Waals surface area contributed by atoms with Crippen LogP contribution in [0.4, 0.5) is 5.69 Å². The second-order valence-electron chi connectivity index (χ2n) is 8.22. The number of carbonyl (C=O) groups is 2. The number of rotatable bonds is 4. The van der Waals surface area contributed by atoms with E-state index in [0.717, 1.165) is 6.42 Å². The van der Waals surface area contributed by atoms with Gasteiger partial charge in [0.05, 0.1) is 0 Å². The minimum Gasteiger partial charge on any atom is -0.334 e. The molecule has 1 aliphatic heterocycles. The Morgan fingerprint density at radius 2 is 1.76 bits per heavy atom. The molecule has 0 spiro atoms. The highest BCUT2D eigenvalue weighted by molar-refractivity contribution is 5.96. The fourth-order valence-corrected chi connectivity index (χ4v) is 4.15. The lowest BCUT2D eigenvalue weighted by atomic mass is 9.99. The van der Waals surface area contributed by atoms with Crippen molar-refractivity contribution < 1.29 is 9.59 Å². The molecule has 0 radical (unpaired) electrons. The van der Waals surface area contributed by atoms with Crippen LogP contribution in [0.2, 0.25) is 0 Å². The van der Waals surface area contributed by atoms with Crippen molar-refractivity contribution in [3.05, 3.63) is 98.5 Å². The van der Waals surface area contributed by atoms with Crippen molar-refractivity contribution >= 4 is 17.5 Å². The molecule has 3 aromatic rings. The number of aryl methyl sites for hydroxylation is 2. The molecular formula is C26H24N4O3. The largest absolute Gasteiger partial charge is 0.334 e. The molecule has 0 unspecified atom stereocenters. The standard InChI is InChI=1S/C26H24N4O3/c1-17-13-18(2)30(26(33)23(17)14-27)16-24(31)28-22-9-7-20(8-10-22)25(32)29-12-11-19-5-3-4-6-21(19)15-29/h3-10,13H,11-12,15-16H2,1-2H3,(H,28,31). The number of anilines is 1. The Morgan fingerprint density at radius 3 is 2.45 bits per heavy atom. The Morgan fingerprint density at radius 1 is 1.06 bits per heavy atom. The van der Waals surface area contributed by atoms with Crippen LogP contribution in [0.5, 0.6) is 0 Å². The zero-order valence-electron chi connectivity index (χ0n) is 18.6. The molecule has 1 aliphatic rings. The van der Waals surface area contributed by atoms with Crippen LogP contribution in [0.25, 0.3) is 0 Å². The van der Waals surface area contributed by atoms with Gasteiger partial charge in [-0.25, -0.2) is 0 Å². The highest BCUT2D eigenvalue weighted by Gasteiger charge is 2.21. The molecule has 0 bridgehead atoms. The number of hydrogen-bond acceptors (Lipinski definition) is 4. The normalized spacial score (nSPS) is 12.6. The molecule has 4 rings (SSSR count). The van der Waals surface area contributed by atoms with E-state index in [9.17, 15) is 19.6 Å². The predicted molar refractivity (Wildman–Crippen MR) is 125 cm³/mol. The number of benzene rings is 2. The first-order valence-corrected chi connectivity index (χ1v) is 10.7. The molecule has 2 heterocycles. The topological polar surface area (TPSA) is 95.2 Å². The number of nitriles is 1. The highest BCUT2D eigenvalue weighted by atomic mass is 16.2. The zero-order chi connectivity index (χ0) is 23.5. The maximum Gasteiger partial charge on any atom is 0.269 e. The molecule has 0 fully saturated rings. The van der Waals surface area contributed by atoms with E-state index in [4.69, 9.17) is 0 Å². The van der Waals surface area contributed by atoms with E-state index in [0.29, 0.717) is 35.6 Å². The maximum atomic E-state index is 12.9. The molecule has 0 aliphatic carbocycles. The summed E-state index contributed by atoms with van der Waals surface area (Å²) in [5.41, 5.74) is 4.29. The van der Waals surface area contributed by atoms with E-state index in [1.54, 1.807) is 44.2 Å². The molecule has 0 saturated heterocycles. The Balaban J connectivity index is 1.42. The van der Waals surface area contributed by atoms with Gasteiger partial charge in [0.15, 0.2) is 0 Å². The number of amides is 2. The molecule has 33 heavy (non-hydrogen) atoms. The molecule has 2 aromatic carbocycles. The van der Waals surface area contributed by atoms with Gasteiger partial charge in [-0.05, 0) is 67.3 Å². The minimum absolute atomic E-state index is 0.0385. The van der Waals surface area contributed by atoms with Gasteiger partial charge in [0.25, 0.3) is 11.5 Å². The number of aromatic nitrogens is 1. The first kappa shape index (κ1) is 22.0. The van der Waals surface area contributed by atoms with Crippen molar-refractivity contribution in [2.75, 3.05) is 11.9 Å². The van der Waals surface area contributed by atoms with E-state index in [-0.39, 0.29) is 23.9 Å². The van der Waals surface area contributed by atoms with Gasteiger partial charge < -0.3 is 14.8 Å². The second-order valence-corrected chi connectivity index (χ2v) is 8.22.